The third kappa shape index (κ3) is 3.45. The SMILES string of the molecule is COC(OC)C(C)NC(=O)c1cc(C)ccc1N. The zero-order valence-corrected chi connectivity index (χ0v) is 11.2. The van der Waals surface area contributed by atoms with E-state index in [1.165, 1.54) is 14.2 Å². The van der Waals surface area contributed by atoms with Crippen molar-refractivity contribution in [2.24, 2.45) is 0 Å². The van der Waals surface area contributed by atoms with Crippen molar-refractivity contribution in [1.82, 2.24) is 5.32 Å². The fourth-order valence-electron chi connectivity index (χ4n) is 1.72. The molecule has 1 rings (SSSR count). The number of nitrogens with one attached hydrogen (secondary N) is 1. The first-order valence-corrected chi connectivity index (χ1v) is 5.72. The first-order chi connectivity index (χ1) is 8.49. The number of amides is 1. The predicted molar refractivity (Wildman–Crippen MR) is 70.3 cm³/mol. The highest BCUT2D eigenvalue weighted by molar-refractivity contribution is 5.99. The molecule has 0 fully saturated rings. The van der Waals surface area contributed by atoms with Gasteiger partial charge in [0.25, 0.3) is 5.91 Å². The Morgan fingerprint density at radius 1 is 1.33 bits per heavy atom. The first-order valence-electron chi connectivity index (χ1n) is 5.72. The fourth-order valence-corrected chi connectivity index (χ4v) is 1.72. The van der Waals surface area contributed by atoms with Gasteiger partial charge in [0.15, 0.2) is 6.29 Å². The minimum Gasteiger partial charge on any atom is -0.398 e. The quantitative estimate of drug-likeness (QED) is 0.612. The molecule has 1 amide bonds. The molecule has 0 aliphatic heterocycles. The molecule has 0 bridgehead atoms. The van der Waals surface area contributed by atoms with Crippen LogP contribution in [0.5, 0.6) is 0 Å². The maximum absolute atomic E-state index is 12.1. The Balaban J connectivity index is 2.79. The van der Waals surface area contributed by atoms with Crippen LogP contribution in [0.15, 0.2) is 18.2 Å². The lowest BCUT2D eigenvalue weighted by Gasteiger charge is -2.22. The van der Waals surface area contributed by atoms with E-state index >= 15 is 0 Å². The average Bonchev–Trinajstić information content (AvgIpc) is 2.33. The standard InChI is InChI=1S/C13H20N2O3/c1-8-5-6-11(14)10(7-8)12(16)15-9(2)13(17-3)18-4/h5-7,9,13H,14H2,1-4H3,(H,15,16). The van der Waals surface area contributed by atoms with Gasteiger partial charge in [-0.1, -0.05) is 11.6 Å². The number of aryl methyl sites for hydroxylation is 1. The van der Waals surface area contributed by atoms with E-state index in [2.05, 4.69) is 5.32 Å². The summed E-state index contributed by atoms with van der Waals surface area (Å²) in [6.45, 7) is 3.72. The van der Waals surface area contributed by atoms with Crippen LogP contribution in [0.3, 0.4) is 0 Å². The van der Waals surface area contributed by atoms with Crippen LogP contribution in [0.1, 0.15) is 22.8 Å². The van der Waals surface area contributed by atoms with Gasteiger partial charge in [0.2, 0.25) is 0 Å². The van der Waals surface area contributed by atoms with Gasteiger partial charge in [-0.3, -0.25) is 4.79 Å². The molecule has 0 aliphatic rings. The topological polar surface area (TPSA) is 73.6 Å². The number of carbonyl (C=O) groups excluding carboxylic acids is 1. The van der Waals surface area contributed by atoms with Gasteiger partial charge in [0.05, 0.1) is 11.6 Å². The molecule has 0 aromatic heterocycles. The molecule has 5 nitrogen and oxygen atoms in total. The number of nitrogens with two attached hydrogens (primary N) is 1. The Morgan fingerprint density at radius 2 is 1.94 bits per heavy atom. The summed E-state index contributed by atoms with van der Waals surface area (Å²) in [4.78, 5) is 12.1. The van der Waals surface area contributed by atoms with Crippen molar-refractivity contribution < 1.29 is 14.3 Å². The van der Waals surface area contributed by atoms with Gasteiger partial charge < -0.3 is 20.5 Å². The Kier molecular flexibility index (Phi) is 5.12. The van der Waals surface area contributed by atoms with Crippen molar-refractivity contribution in [3.63, 3.8) is 0 Å². The normalized spacial score (nSPS) is 12.5. The molecule has 0 aliphatic carbocycles. The van der Waals surface area contributed by atoms with E-state index in [9.17, 15) is 4.79 Å². The van der Waals surface area contributed by atoms with E-state index in [0.717, 1.165) is 5.56 Å². The first kappa shape index (κ1) is 14.5. The highest BCUT2D eigenvalue weighted by Crippen LogP contribution is 2.14. The van der Waals surface area contributed by atoms with Gasteiger partial charge in [-0.25, -0.2) is 0 Å². The maximum atomic E-state index is 12.1. The predicted octanol–water partition coefficient (Wildman–Crippen LogP) is 1.31. The number of rotatable bonds is 5. The summed E-state index contributed by atoms with van der Waals surface area (Å²) in [7, 11) is 3.05. The average molecular weight is 252 g/mol. The summed E-state index contributed by atoms with van der Waals surface area (Å²) in [6, 6.07) is 5.07. The van der Waals surface area contributed by atoms with E-state index in [1.54, 1.807) is 12.1 Å². The molecule has 0 saturated heterocycles. The highest BCUT2D eigenvalue weighted by Gasteiger charge is 2.19. The molecule has 1 unspecified atom stereocenters. The molecule has 3 N–H and O–H groups in total. The van der Waals surface area contributed by atoms with Crippen LogP contribution in [0.25, 0.3) is 0 Å². The lowest BCUT2D eigenvalue weighted by Crippen LogP contribution is -2.43. The molecule has 5 heteroatoms. The van der Waals surface area contributed by atoms with Crippen molar-refractivity contribution in [3.8, 4) is 0 Å². The van der Waals surface area contributed by atoms with E-state index in [0.29, 0.717) is 11.3 Å². The smallest absolute Gasteiger partial charge is 0.253 e. The van der Waals surface area contributed by atoms with Crippen LogP contribution in [0.2, 0.25) is 0 Å². The Morgan fingerprint density at radius 3 is 2.50 bits per heavy atom. The summed E-state index contributed by atoms with van der Waals surface area (Å²) in [5.74, 6) is -0.234. The van der Waals surface area contributed by atoms with Gasteiger partial charge >= 0.3 is 0 Å². The molecule has 0 saturated carbocycles. The number of hydrogen-bond acceptors (Lipinski definition) is 4. The number of benzene rings is 1. The zero-order chi connectivity index (χ0) is 13.7. The summed E-state index contributed by atoms with van der Waals surface area (Å²) in [6.07, 6.45) is -0.486. The molecule has 0 radical (unpaired) electrons. The lowest BCUT2D eigenvalue weighted by molar-refractivity contribution is -0.117. The number of methoxy groups -OCH3 is 2. The van der Waals surface area contributed by atoms with E-state index in [4.69, 9.17) is 15.2 Å². The summed E-state index contributed by atoms with van der Waals surface area (Å²) in [5.41, 5.74) is 7.69. The van der Waals surface area contributed by atoms with Gasteiger partial charge in [0.1, 0.15) is 0 Å². The molecule has 1 atom stereocenters. The minimum atomic E-state index is -0.486. The largest absolute Gasteiger partial charge is 0.398 e. The summed E-state index contributed by atoms with van der Waals surface area (Å²) in [5, 5.41) is 2.80. The maximum Gasteiger partial charge on any atom is 0.253 e. The van der Waals surface area contributed by atoms with Crippen LogP contribution < -0.4 is 11.1 Å². The number of nitrogen functional groups attached to an aromatic ring is 1. The molecule has 0 heterocycles. The number of hydrogen-bond donors (Lipinski definition) is 2. The van der Waals surface area contributed by atoms with Crippen molar-refractivity contribution in [2.75, 3.05) is 20.0 Å². The van der Waals surface area contributed by atoms with Crippen LogP contribution in [-0.2, 0) is 9.47 Å². The van der Waals surface area contributed by atoms with Crippen molar-refractivity contribution >= 4 is 11.6 Å². The van der Waals surface area contributed by atoms with Gasteiger partial charge in [-0.15, -0.1) is 0 Å². The summed E-state index contributed by atoms with van der Waals surface area (Å²) < 4.78 is 10.2. The van der Waals surface area contributed by atoms with Crippen LogP contribution in [-0.4, -0.2) is 32.5 Å². The number of ether oxygens (including phenoxy) is 2. The Hall–Kier alpha value is -1.59. The molecular weight excluding hydrogens is 232 g/mol. The third-order valence-corrected chi connectivity index (χ3v) is 2.69. The van der Waals surface area contributed by atoms with Gasteiger partial charge in [-0.05, 0) is 26.0 Å². The second-order valence-electron chi connectivity index (χ2n) is 4.19. The Labute approximate surface area is 107 Å². The number of anilines is 1. The zero-order valence-electron chi connectivity index (χ0n) is 11.2. The van der Waals surface area contributed by atoms with Gasteiger partial charge in [-0.2, -0.15) is 0 Å². The van der Waals surface area contributed by atoms with Crippen LogP contribution >= 0.6 is 0 Å². The molecule has 1 aromatic rings. The van der Waals surface area contributed by atoms with Crippen molar-refractivity contribution in [1.29, 1.82) is 0 Å². The lowest BCUT2D eigenvalue weighted by atomic mass is 10.1. The number of carbonyl (C=O) groups is 1. The molecule has 1 aromatic carbocycles. The van der Waals surface area contributed by atoms with E-state index in [1.807, 2.05) is 19.9 Å². The highest BCUT2D eigenvalue weighted by atomic mass is 16.7. The van der Waals surface area contributed by atoms with Crippen molar-refractivity contribution in [2.45, 2.75) is 26.2 Å². The minimum absolute atomic E-state index is 0.234. The molecule has 100 valence electrons. The molecule has 0 spiro atoms. The monoisotopic (exact) mass is 252 g/mol. The van der Waals surface area contributed by atoms with E-state index in [-0.39, 0.29) is 11.9 Å². The van der Waals surface area contributed by atoms with E-state index < -0.39 is 6.29 Å². The molecule has 18 heavy (non-hydrogen) atoms. The fraction of sp³-hybridized carbons (Fsp3) is 0.462. The van der Waals surface area contributed by atoms with Crippen LogP contribution in [0.4, 0.5) is 5.69 Å². The van der Waals surface area contributed by atoms with Crippen LogP contribution in [0, 0.1) is 6.92 Å². The van der Waals surface area contributed by atoms with Gasteiger partial charge in [0, 0.05) is 19.9 Å². The third-order valence-electron chi connectivity index (χ3n) is 2.69. The summed E-state index contributed by atoms with van der Waals surface area (Å²) >= 11 is 0. The van der Waals surface area contributed by atoms with Crippen molar-refractivity contribution in [3.05, 3.63) is 29.3 Å². The Bertz CT molecular complexity index is 417. The second kappa shape index (κ2) is 6.37. The molecular formula is C13H20N2O3. The second-order valence-corrected chi connectivity index (χ2v) is 4.19.